The Bertz CT molecular complexity index is 1230. The van der Waals surface area contributed by atoms with E-state index in [1.165, 1.54) is 6.07 Å². The molecule has 0 spiro atoms. The van der Waals surface area contributed by atoms with Crippen LogP contribution in [-0.4, -0.2) is 32.7 Å². The highest BCUT2D eigenvalue weighted by Gasteiger charge is 2.15. The summed E-state index contributed by atoms with van der Waals surface area (Å²) in [5.74, 6) is -0.564. The lowest BCUT2D eigenvalue weighted by molar-refractivity contribution is 0.0915. The van der Waals surface area contributed by atoms with Crippen molar-refractivity contribution in [1.82, 2.24) is 20.5 Å². The number of amides is 1. The van der Waals surface area contributed by atoms with Crippen LogP contribution in [0.5, 0.6) is 0 Å². The molecule has 7 nitrogen and oxygen atoms in total. The van der Waals surface area contributed by atoms with Gasteiger partial charge in [0.1, 0.15) is 5.56 Å². The molecule has 0 fully saturated rings. The number of rotatable bonds is 5. The number of hydrogen-bond acceptors (Lipinski definition) is 4. The van der Waals surface area contributed by atoms with E-state index < -0.39 is 17.6 Å². The number of aliphatic hydroxyl groups excluding tert-OH is 1. The van der Waals surface area contributed by atoms with E-state index in [1.54, 1.807) is 36.7 Å². The number of nitrogens with zero attached hydrogens (tertiary/aromatic N) is 1. The molecular formula is C21H17ClN4O3. The van der Waals surface area contributed by atoms with E-state index in [1.807, 2.05) is 18.2 Å². The Kier molecular flexibility index (Phi) is 5.16. The van der Waals surface area contributed by atoms with Crippen LogP contribution in [-0.2, 0) is 0 Å². The number of carbonyl (C=O) groups excluding carboxylic acids is 1. The Morgan fingerprint density at radius 1 is 1.14 bits per heavy atom. The van der Waals surface area contributed by atoms with Gasteiger partial charge in [0.25, 0.3) is 11.5 Å². The predicted molar refractivity (Wildman–Crippen MR) is 111 cm³/mol. The summed E-state index contributed by atoms with van der Waals surface area (Å²) in [4.78, 5) is 27.3. The molecule has 0 aliphatic rings. The van der Waals surface area contributed by atoms with Crippen molar-refractivity contribution < 1.29 is 9.90 Å². The third-order valence-corrected chi connectivity index (χ3v) is 4.88. The predicted octanol–water partition coefficient (Wildman–Crippen LogP) is 3.04. The zero-order chi connectivity index (χ0) is 20.4. The van der Waals surface area contributed by atoms with E-state index in [0.29, 0.717) is 16.1 Å². The fourth-order valence-electron chi connectivity index (χ4n) is 3.03. The fourth-order valence-corrected chi connectivity index (χ4v) is 3.15. The van der Waals surface area contributed by atoms with Gasteiger partial charge in [-0.25, -0.2) is 0 Å². The minimum atomic E-state index is -0.915. The average molecular weight is 409 g/mol. The lowest BCUT2D eigenvalue weighted by Gasteiger charge is -2.12. The number of hydrogen-bond donors (Lipinski definition) is 4. The first kappa shape index (κ1) is 18.9. The third kappa shape index (κ3) is 4.06. The third-order valence-electron chi connectivity index (χ3n) is 4.63. The van der Waals surface area contributed by atoms with Crippen molar-refractivity contribution in [3.8, 4) is 11.1 Å². The van der Waals surface area contributed by atoms with Crippen LogP contribution < -0.4 is 10.9 Å². The second-order valence-corrected chi connectivity index (χ2v) is 7.02. The smallest absolute Gasteiger partial charge is 0.260 e. The molecule has 2 aromatic carbocycles. The summed E-state index contributed by atoms with van der Waals surface area (Å²) in [7, 11) is 0. The van der Waals surface area contributed by atoms with Gasteiger partial charge in [-0.3, -0.25) is 14.7 Å². The number of halogens is 1. The second kappa shape index (κ2) is 7.90. The van der Waals surface area contributed by atoms with Crippen LogP contribution in [0.2, 0.25) is 5.02 Å². The number of fused-ring (bicyclic) bond motifs is 1. The zero-order valence-corrected chi connectivity index (χ0v) is 15.9. The van der Waals surface area contributed by atoms with E-state index in [2.05, 4.69) is 20.5 Å². The molecule has 1 amide bonds. The van der Waals surface area contributed by atoms with Crippen molar-refractivity contribution in [2.24, 2.45) is 0 Å². The molecule has 0 bridgehead atoms. The fraction of sp³-hybridized carbons (Fsp3) is 0.0952. The zero-order valence-electron chi connectivity index (χ0n) is 15.1. The van der Waals surface area contributed by atoms with Crippen LogP contribution in [0.1, 0.15) is 22.0 Å². The van der Waals surface area contributed by atoms with Crippen molar-refractivity contribution >= 4 is 28.4 Å². The van der Waals surface area contributed by atoms with E-state index in [0.717, 1.165) is 16.5 Å². The molecule has 2 heterocycles. The van der Waals surface area contributed by atoms with E-state index in [4.69, 9.17) is 11.6 Å². The number of aromatic nitrogens is 3. The van der Waals surface area contributed by atoms with Crippen LogP contribution >= 0.6 is 11.6 Å². The van der Waals surface area contributed by atoms with Crippen molar-refractivity contribution in [3.63, 3.8) is 0 Å². The highest BCUT2D eigenvalue weighted by molar-refractivity contribution is 6.30. The first-order valence-electron chi connectivity index (χ1n) is 8.89. The molecule has 1 atom stereocenters. The van der Waals surface area contributed by atoms with Gasteiger partial charge in [-0.2, -0.15) is 5.10 Å². The summed E-state index contributed by atoms with van der Waals surface area (Å²) in [5, 5.41) is 21.2. The molecule has 0 saturated heterocycles. The number of pyridine rings is 1. The average Bonchev–Trinajstić information content (AvgIpc) is 3.20. The molecular weight excluding hydrogens is 392 g/mol. The Morgan fingerprint density at radius 3 is 2.72 bits per heavy atom. The number of aliphatic hydroxyl groups is 1. The van der Waals surface area contributed by atoms with Gasteiger partial charge in [0.15, 0.2) is 0 Å². The van der Waals surface area contributed by atoms with Gasteiger partial charge < -0.3 is 15.4 Å². The summed E-state index contributed by atoms with van der Waals surface area (Å²) >= 11 is 5.84. The van der Waals surface area contributed by atoms with Gasteiger partial charge in [0.05, 0.1) is 17.8 Å². The molecule has 4 rings (SSSR count). The number of nitrogens with one attached hydrogen (secondary N) is 3. The number of carbonyl (C=O) groups is 1. The SMILES string of the molecule is O=C(NCC(O)c1ccc(Cl)cc1)c1cc(-c2ccc3[nH]ncc3c2)c[nH]c1=O. The molecule has 8 heteroatoms. The minimum absolute atomic E-state index is 0.0295. The van der Waals surface area contributed by atoms with E-state index in [-0.39, 0.29) is 12.1 Å². The molecule has 1 unspecified atom stereocenters. The van der Waals surface area contributed by atoms with Crippen molar-refractivity contribution in [1.29, 1.82) is 0 Å². The van der Waals surface area contributed by atoms with Gasteiger partial charge >= 0.3 is 0 Å². The summed E-state index contributed by atoms with van der Waals surface area (Å²) < 4.78 is 0. The van der Waals surface area contributed by atoms with Gasteiger partial charge in [0, 0.05) is 23.2 Å². The summed E-state index contributed by atoms with van der Waals surface area (Å²) in [6, 6.07) is 13.9. The molecule has 146 valence electrons. The maximum atomic E-state index is 12.5. The Hall–Kier alpha value is -3.42. The van der Waals surface area contributed by atoms with E-state index in [9.17, 15) is 14.7 Å². The van der Waals surface area contributed by atoms with Gasteiger partial charge in [-0.05, 0) is 47.0 Å². The number of aromatic amines is 2. The summed E-state index contributed by atoms with van der Waals surface area (Å²) in [5.41, 5.74) is 2.51. The number of benzene rings is 2. The Balaban J connectivity index is 1.53. The highest BCUT2D eigenvalue weighted by Crippen LogP contribution is 2.23. The number of H-pyrrole nitrogens is 2. The molecule has 0 aliphatic heterocycles. The molecule has 0 radical (unpaired) electrons. The Labute approximate surface area is 170 Å². The van der Waals surface area contributed by atoms with Crippen molar-refractivity contribution in [2.45, 2.75) is 6.10 Å². The van der Waals surface area contributed by atoms with Gasteiger partial charge in [-0.1, -0.05) is 29.8 Å². The quantitative estimate of drug-likeness (QED) is 0.406. The molecule has 2 aromatic heterocycles. The lowest BCUT2D eigenvalue weighted by atomic mass is 10.0. The van der Waals surface area contributed by atoms with Crippen LogP contribution in [0.3, 0.4) is 0 Å². The molecule has 0 saturated carbocycles. The first-order valence-corrected chi connectivity index (χ1v) is 9.27. The highest BCUT2D eigenvalue weighted by atomic mass is 35.5. The second-order valence-electron chi connectivity index (χ2n) is 6.58. The first-order chi connectivity index (χ1) is 14.0. The van der Waals surface area contributed by atoms with Crippen molar-refractivity contribution in [2.75, 3.05) is 6.54 Å². The standard InChI is InChI=1S/C21H17ClN4O3/c22-16-4-1-12(2-5-16)19(27)11-24-21(29)17-8-14(9-23-20(17)28)13-3-6-18-15(7-13)10-25-26-18/h1-10,19,27H,11H2,(H,23,28)(H,24,29)(H,25,26). The minimum Gasteiger partial charge on any atom is -0.387 e. The van der Waals surface area contributed by atoms with Crippen LogP contribution in [0.4, 0.5) is 0 Å². The molecule has 0 aliphatic carbocycles. The largest absolute Gasteiger partial charge is 0.387 e. The van der Waals surface area contributed by atoms with Crippen molar-refractivity contribution in [3.05, 3.63) is 87.4 Å². The van der Waals surface area contributed by atoms with Crippen LogP contribution in [0.15, 0.2) is 65.7 Å². The van der Waals surface area contributed by atoms with Crippen LogP contribution in [0, 0.1) is 0 Å². The monoisotopic (exact) mass is 408 g/mol. The Morgan fingerprint density at radius 2 is 1.93 bits per heavy atom. The maximum absolute atomic E-state index is 12.5. The molecule has 29 heavy (non-hydrogen) atoms. The topological polar surface area (TPSA) is 111 Å². The summed E-state index contributed by atoms with van der Waals surface area (Å²) in [6.07, 6.45) is 2.35. The van der Waals surface area contributed by atoms with Crippen LogP contribution in [0.25, 0.3) is 22.0 Å². The van der Waals surface area contributed by atoms with Gasteiger partial charge in [-0.15, -0.1) is 0 Å². The summed E-state index contributed by atoms with van der Waals surface area (Å²) in [6.45, 7) is -0.0366. The maximum Gasteiger partial charge on any atom is 0.260 e. The molecule has 4 aromatic rings. The normalized spacial score (nSPS) is 12.1. The van der Waals surface area contributed by atoms with E-state index >= 15 is 0 Å². The van der Waals surface area contributed by atoms with Gasteiger partial charge in [0.2, 0.25) is 0 Å². The molecule has 4 N–H and O–H groups in total. The lowest BCUT2D eigenvalue weighted by Crippen LogP contribution is -2.32.